The van der Waals surface area contributed by atoms with Gasteiger partial charge in [-0.1, -0.05) is 116 Å². The SMILES string of the molecule is CC(C)(C)c1c(Cl)c(CO[SiH](c2ccccc2)c2ccccc2)cc(-n2cccc2Cl)c1Cl. The standard InChI is InChI=1S/C27H26Cl3NOSi/c1-27(2,3)24-25(29)19(17-22(26(24)30)31-16-10-15-23(31)28)18-32-33(20-11-6-4-7-12-20)21-13-8-5-9-14-21/h4-17,33H,18H2,1-3H3. The van der Waals surface area contributed by atoms with Crippen LogP contribution in [0.2, 0.25) is 15.2 Å². The molecule has 33 heavy (non-hydrogen) atoms. The number of benzene rings is 3. The monoisotopic (exact) mass is 513 g/mol. The molecule has 0 atom stereocenters. The molecule has 6 heteroatoms. The lowest BCUT2D eigenvalue weighted by Gasteiger charge is -2.27. The first-order valence-electron chi connectivity index (χ1n) is 10.8. The molecule has 0 unspecified atom stereocenters. The second-order valence-electron chi connectivity index (χ2n) is 9.02. The summed E-state index contributed by atoms with van der Waals surface area (Å²) in [6, 6.07) is 26.6. The first-order chi connectivity index (χ1) is 15.8. The maximum absolute atomic E-state index is 6.96. The van der Waals surface area contributed by atoms with Crippen LogP contribution in [-0.2, 0) is 16.4 Å². The minimum Gasteiger partial charge on any atom is -0.407 e. The maximum Gasteiger partial charge on any atom is 0.240 e. The largest absolute Gasteiger partial charge is 0.407 e. The molecule has 0 amide bonds. The Bertz CT molecular complexity index is 1190. The van der Waals surface area contributed by atoms with E-state index in [0.29, 0.717) is 21.8 Å². The Morgan fingerprint density at radius 1 is 0.788 bits per heavy atom. The summed E-state index contributed by atoms with van der Waals surface area (Å²) in [5.74, 6) is 0. The first-order valence-corrected chi connectivity index (χ1v) is 13.6. The van der Waals surface area contributed by atoms with E-state index in [0.717, 1.165) is 16.8 Å². The Labute approximate surface area is 212 Å². The summed E-state index contributed by atoms with van der Waals surface area (Å²) in [6.45, 7) is 6.71. The molecule has 0 saturated heterocycles. The van der Waals surface area contributed by atoms with Gasteiger partial charge in [-0.3, -0.25) is 0 Å². The Kier molecular flexibility index (Phi) is 7.37. The Morgan fingerprint density at radius 2 is 1.36 bits per heavy atom. The molecule has 0 aliphatic carbocycles. The third kappa shape index (κ3) is 5.23. The molecule has 0 aliphatic heterocycles. The van der Waals surface area contributed by atoms with Gasteiger partial charge in [-0.05, 0) is 45.1 Å². The third-order valence-corrected chi connectivity index (χ3v) is 9.18. The molecular weight excluding hydrogens is 489 g/mol. The second-order valence-corrected chi connectivity index (χ2v) is 12.6. The van der Waals surface area contributed by atoms with Gasteiger partial charge in [0.05, 0.1) is 22.3 Å². The number of hydrogen-bond donors (Lipinski definition) is 0. The van der Waals surface area contributed by atoms with E-state index in [-0.39, 0.29) is 5.41 Å². The van der Waals surface area contributed by atoms with E-state index in [1.165, 1.54) is 10.4 Å². The van der Waals surface area contributed by atoms with Crippen molar-refractivity contribution in [3.05, 3.63) is 111 Å². The van der Waals surface area contributed by atoms with E-state index in [1.807, 2.05) is 41.1 Å². The van der Waals surface area contributed by atoms with Gasteiger partial charge in [0.25, 0.3) is 0 Å². The molecule has 0 radical (unpaired) electrons. The summed E-state index contributed by atoms with van der Waals surface area (Å²) in [4.78, 5) is 0. The van der Waals surface area contributed by atoms with E-state index in [2.05, 4.69) is 69.3 Å². The van der Waals surface area contributed by atoms with Crippen LogP contribution >= 0.6 is 34.8 Å². The van der Waals surface area contributed by atoms with E-state index >= 15 is 0 Å². The minimum atomic E-state index is -1.92. The Hall–Kier alpha value is -2.01. The first kappa shape index (κ1) is 24.1. The fraction of sp³-hybridized carbons (Fsp3) is 0.185. The van der Waals surface area contributed by atoms with Gasteiger partial charge in [0, 0.05) is 6.20 Å². The average Bonchev–Trinajstić information content (AvgIpc) is 3.21. The van der Waals surface area contributed by atoms with Crippen LogP contribution in [0.5, 0.6) is 0 Å². The van der Waals surface area contributed by atoms with Crippen molar-refractivity contribution in [2.24, 2.45) is 0 Å². The Balaban J connectivity index is 1.77. The molecule has 0 fully saturated rings. The van der Waals surface area contributed by atoms with E-state index < -0.39 is 9.04 Å². The topological polar surface area (TPSA) is 14.2 Å². The van der Waals surface area contributed by atoms with Gasteiger partial charge in [-0.2, -0.15) is 0 Å². The second kappa shape index (κ2) is 10.1. The molecule has 0 N–H and O–H groups in total. The van der Waals surface area contributed by atoms with Crippen molar-refractivity contribution in [2.45, 2.75) is 32.8 Å². The summed E-state index contributed by atoms with van der Waals surface area (Å²) in [5, 5.41) is 4.28. The predicted molar refractivity (Wildman–Crippen MR) is 144 cm³/mol. The lowest BCUT2D eigenvalue weighted by atomic mass is 9.85. The molecule has 4 aromatic rings. The molecule has 0 spiro atoms. The van der Waals surface area contributed by atoms with E-state index in [1.54, 1.807) is 0 Å². The predicted octanol–water partition coefficient (Wildman–Crippen LogP) is 6.79. The highest BCUT2D eigenvalue weighted by atomic mass is 35.5. The zero-order valence-corrected chi connectivity index (χ0v) is 22.3. The number of halogens is 3. The number of aromatic nitrogens is 1. The Morgan fingerprint density at radius 3 is 1.85 bits per heavy atom. The molecule has 4 rings (SSSR count). The van der Waals surface area contributed by atoms with Crippen LogP contribution in [0.4, 0.5) is 0 Å². The summed E-state index contributed by atoms with van der Waals surface area (Å²) in [5.41, 5.74) is 2.34. The molecule has 0 bridgehead atoms. The van der Waals surface area contributed by atoms with Crippen molar-refractivity contribution < 1.29 is 4.43 Å². The van der Waals surface area contributed by atoms with Crippen LogP contribution in [-0.4, -0.2) is 13.6 Å². The molecule has 0 saturated carbocycles. The number of rotatable bonds is 6. The van der Waals surface area contributed by atoms with Gasteiger partial charge in [0.2, 0.25) is 9.04 Å². The normalized spacial score (nSPS) is 11.8. The molecule has 0 aliphatic rings. The van der Waals surface area contributed by atoms with Crippen molar-refractivity contribution in [3.8, 4) is 5.69 Å². The van der Waals surface area contributed by atoms with Gasteiger partial charge < -0.3 is 8.99 Å². The zero-order valence-electron chi connectivity index (χ0n) is 18.9. The molecule has 3 aromatic carbocycles. The fourth-order valence-corrected chi connectivity index (χ4v) is 7.52. The highest BCUT2D eigenvalue weighted by molar-refractivity contribution is 6.80. The molecule has 1 heterocycles. The highest BCUT2D eigenvalue weighted by Crippen LogP contribution is 2.42. The van der Waals surface area contributed by atoms with Crippen molar-refractivity contribution in [3.63, 3.8) is 0 Å². The van der Waals surface area contributed by atoms with Gasteiger partial charge in [-0.25, -0.2) is 0 Å². The summed E-state index contributed by atoms with van der Waals surface area (Å²) < 4.78 is 8.54. The average molecular weight is 515 g/mol. The lowest BCUT2D eigenvalue weighted by Crippen LogP contribution is -2.44. The van der Waals surface area contributed by atoms with Crippen LogP contribution in [0.25, 0.3) is 5.69 Å². The van der Waals surface area contributed by atoms with Crippen molar-refractivity contribution >= 4 is 54.2 Å². The zero-order chi connectivity index (χ0) is 23.6. The third-order valence-electron chi connectivity index (χ3n) is 5.58. The van der Waals surface area contributed by atoms with E-state index in [9.17, 15) is 0 Å². The van der Waals surface area contributed by atoms with Gasteiger partial charge in [-0.15, -0.1) is 0 Å². The summed E-state index contributed by atoms with van der Waals surface area (Å²) in [7, 11) is -1.92. The van der Waals surface area contributed by atoms with Crippen molar-refractivity contribution in [2.75, 3.05) is 0 Å². The number of nitrogens with zero attached hydrogens (tertiary/aromatic N) is 1. The molecule has 1 aromatic heterocycles. The lowest BCUT2D eigenvalue weighted by molar-refractivity contribution is 0.321. The van der Waals surface area contributed by atoms with Crippen molar-refractivity contribution in [1.82, 2.24) is 4.57 Å². The van der Waals surface area contributed by atoms with Gasteiger partial charge in [0.1, 0.15) is 5.15 Å². The summed E-state index contributed by atoms with van der Waals surface area (Å²) >= 11 is 20.3. The van der Waals surface area contributed by atoms with Gasteiger partial charge in [0.15, 0.2) is 0 Å². The van der Waals surface area contributed by atoms with Crippen LogP contribution in [0.3, 0.4) is 0 Å². The quantitative estimate of drug-likeness (QED) is 0.258. The van der Waals surface area contributed by atoms with Crippen LogP contribution in [0.15, 0.2) is 85.1 Å². The maximum atomic E-state index is 6.96. The van der Waals surface area contributed by atoms with Gasteiger partial charge >= 0.3 is 0 Å². The van der Waals surface area contributed by atoms with Crippen LogP contribution in [0.1, 0.15) is 31.9 Å². The molecular formula is C27H26Cl3NOSi. The highest BCUT2D eigenvalue weighted by Gasteiger charge is 2.27. The number of hydrogen-bond acceptors (Lipinski definition) is 1. The summed E-state index contributed by atoms with van der Waals surface area (Å²) in [6.07, 6.45) is 1.90. The molecule has 2 nitrogen and oxygen atoms in total. The molecule has 170 valence electrons. The smallest absolute Gasteiger partial charge is 0.240 e. The van der Waals surface area contributed by atoms with Crippen molar-refractivity contribution in [1.29, 1.82) is 0 Å². The fourth-order valence-electron chi connectivity index (χ4n) is 3.98. The van der Waals surface area contributed by atoms with Crippen LogP contribution in [0, 0.1) is 0 Å². The van der Waals surface area contributed by atoms with E-state index in [4.69, 9.17) is 39.2 Å². The van der Waals surface area contributed by atoms with Crippen LogP contribution < -0.4 is 10.4 Å². The minimum absolute atomic E-state index is 0.256.